The van der Waals surface area contributed by atoms with Crippen LogP contribution in [0.5, 0.6) is 0 Å². The minimum absolute atomic E-state index is 0.0544. The van der Waals surface area contributed by atoms with E-state index in [0.717, 1.165) is 49.5 Å². The number of morpholine rings is 1. The van der Waals surface area contributed by atoms with Gasteiger partial charge in [-0.25, -0.2) is 0 Å². The van der Waals surface area contributed by atoms with E-state index in [0.29, 0.717) is 32.1 Å². The summed E-state index contributed by atoms with van der Waals surface area (Å²) in [6, 6.07) is 7.84. The zero-order valence-corrected chi connectivity index (χ0v) is 15.9. The maximum Gasteiger partial charge on any atom is 0.274 e. The lowest BCUT2D eigenvalue weighted by Crippen LogP contribution is -2.45. The molecule has 2 saturated heterocycles. The van der Waals surface area contributed by atoms with Crippen molar-refractivity contribution in [3.8, 4) is 0 Å². The van der Waals surface area contributed by atoms with E-state index < -0.39 is 0 Å². The van der Waals surface area contributed by atoms with Gasteiger partial charge in [0.05, 0.1) is 18.9 Å². The number of carbonyl (C=O) groups excluding carboxylic acids is 2. The SMILES string of the molecule is CC1CCN(c2ccc(N3CCC=C(N4CCOCC4)C3=O)cc2)C(=O)C1. The van der Waals surface area contributed by atoms with Gasteiger partial charge in [-0.2, -0.15) is 0 Å². The normalized spacial score (nSPS) is 24.3. The molecule has 6 nitrogen and oxygen atoms in total. The molecule has 1 atom stereocenters. The predicted molar refractivity (Wildman–Crippen MR) is 105 cm³/mol. The van der Waals surface area contributed by atoms with E-state index in [9.17, 15) is 9.59 Å². The van der Waals surface area contributed by atoms with Crippen LogP contribution in [-0.2, 0) is 14.3 Å². The molecule has 3 aliphatic rings. The van der Waals surface area contributed by atoms with Gasteiger partial charge in [-0.1, -0.05) is 13.0 Å². The number of benzene rings is 1. The van der Waals surface area contributed by atoms with Crippen molar-refractivity contribution in [2.45, 2.75) is 26.2 Å². The molecule has 0 bridgehead atoms. The number of hydrogen-bond donors (Lipinski definition) is 0. The molecule has 1 aromatic rings. The third kappa shape index (κ3) is 3.72. The third-order valence-electron chi connectivity index (χ3n) is 5.65. The summed E-state index contributed by atoms with van der Waals surface area (Å²) in [6.07, 6.45) is 4.54. The number of nitrogens with zero attached hydrogens (tertiary/aromatic N) is 3. The van der Waals surface area contributed by atoms with Crippen LogP contribution in [0.25, 0.3) is 0 Å². The van der Waals surface area contributed by atoms with Gasteiger partial charge >= 0.3 is 0 Å². The topological polar surface area (TPSA) is 53.1 Å². The molecule has 0 radical (unpaired) electrons. The molecule has 0 saturated carbocycles. The first kappa shape index (κ1) is 18.0. The Bertz CT molecular complexity index is 738. The standard InChI is InChI=1S/C21H27N3O3/c1-16-8-10-23(20(25)15-16)17-4-6-18(7-5-17)24-9-2-3-19(21(24)26)22-11-13-27-14-12-22/h3-7,16H,2,8-15H2,1H3. The van der Waals surface area contributed by atoms with Crippen molar-refractivity contribution in [3.05, 3.63) is 36.0 Å². The van der Waals surface area contributed by atoms with Crippen molar-refractivity contribution >= 4 is 23.2 Å². The van der Waals surface area contributed by atoms with Crippen molar-refractivity contribution in [2.75, 3.05) is 49.2 Å². The first-order chi connectivity index (χ1) is 13.1. The van der Waals surface area contributed by atoms with Crippen LogP contribution in [0.3, 0.4) is 0 Å². The Hall–Kier alpha value is -2.34. The lowest BCUT2D eigenvalue weighted by atomic mass is 9.98. The number of anilines is 2. The van der Waals surface area contributed by atoms with Gasteiger partial charge in [0.25, 0.3) is 5.91 Å². The highest BCUT2D eigenvalue weighted by Gasteiger charge is 2.29. The molecule has 1 aromatic carbocycles. The zero-order valence-electron chi connectivity index (χ0n) is 15.9. The number of hydrogen-bond acceptors (Lipinski definition) is 4. The lowest BCUT2D eigenvalue weighted by Gasteiger charge is -2.36. The summed E-state index contributed by atoms with van der Waals surface area (Å²) in [6.45, 7) is 6.45. The Morgan fingerprint density at radius 2 is 1.59 bits per heavy atom. The lowest BCUT2D eigenvalue weighted by molar-refractivity contribution is -0.120. The van der Waals surface area contributed by atoms with Crippen LogP contribution in [0.2, 0.25) is 0 Å². The Morgan fingerprint density at radius 1 is 0.926 bits per heavy atom. The second kappa shape index (κ2) is 7.72. The highest BCUT2D eigenvalue weighted by Crippen LogP contribution is 2.28. The fourth-order valence-corrected chi connectivity index (χ4v) is 4.04. The fourth-order valence-electron chi connectivity index (χ4n) is 4.04. The number of rotatable bonds is 3. The number of piperidine rings is 1. The Labute approximate surface area is 160 Å². The van der Waals surface area contributed by atoms with E-state index in [2.05, 4.69) is 11.8 Å². The van der Waals surface area contributed by atoms with E-state index >= 15 is 0 Å². The molecule has 3 aliphatic heterocycles. The Morgan fingerprint density at radius 3 is 2.26 bits per heavy atom. The molecule has 0 aromatic heterocycles. The van der Waals surface area contributed by atoms with Gasteiger partial charge in [0.1, 0.15) is 0 Å². The minimum Gasteiger partial charge on any atom is -0.378 e. The summed E-state index contributed by atoms with van der Waals surface area (Å²) in [7, 11) is 0. The second-order valence-corrected chi connectivity index (χ2v) is 7.59. The number of carbonyl (C=O) groups is 2. The van der Waals surface area contributed by atoms with Crippen LogP contribution < -0.4 is 9.80 Å². The first-order valence-electron chi connectivity index (χ1n) is 9.88. The van der Waals surface area contributed by atoms with E-state index in [-0.39, 0.29) is 11.8 Å². The molecular weight excluding hydrogens is 342 g/mol. The first-order valence-corrected chi connectivity index (χ1v) is 9.88. The van der Waals surface area contributed by atoms with Crippen molar-refractivity contribution < 1.29 is 14.3 Å². The Balaban J connectivity index is 1.48. The molecule has 27 heavy (non-hydrogen) atoms. The van der Waals surface area contributed by atoms with Gasteiger partial charge in [-0.3, -0.25) is 9.59 Å². The van der Waals surface area contributed by atoms with Crippen LogP contribution in [0.15, 0.2) is 36.0 Å². The van der Waals surface area contributed by atoms with E-state index in [1.54, 1.807) is 0 Å². The van der Waals surface area contributed by atoms with Crippen molar-refractivity contribution in [1.29, 1.82) is 0 Å². The van der Waals surface area contributed by atoms with E-state index in [4.69, 9.17) is 4.74 Å². The molecule has 0 aliphatic carbocycles. The number of amides is 2. The van der Waals surface area contributed by atoms with Gasteiger partial charge in [-0.05, 0) is 43.0 Å². The zero-order chi connectivity index (χ0) is 18.8. The van der Waals surface area contributed by atoms with E-state index in [1.807, 2.05) is 40.1 Å². The highest BCUT2D eigenvalue weighted by atomic mass is 16.5. The highest BCUT2D eigenvalue weighted by molar-refractivity contribution is 6.06. The second-order valence-electron chi connectivity index (χ2n) is 7.59. The van der Waals surface area contributed by atoms with Gasteiger partial charge in [0.15, 0.2) is 0 Å². The summed E-state index contributed by atoms with van der Waals surface area (Å²) in [5.74, 6) is 0.705. The van der Waals surface area contributed by atoms with Crippen LogP contribution in [0.4, 0.5) is 11.4 Å². The van der Waals surface area contributed by atoms with Gasteiger partial charge in [-0.15, -0.1) is 0 Å². The average Bonchev–Trinajstić information content (AvgIpc) is 2.69. The fraction of sp³-hybridized carbons (Fsp3) is 0.524. The molecule has 4 rings (SSSR count). The summed E-state index contributed by atoms with van der Waals surface area (Å²) >= 11 is 0. The van der Waals surface area contributed by atoms with Crippen LogP contribution >= 0.6 is 0 Å². The molecular formula is C21H27N3O3. The molecule has 6 heteroatoms. The van der Waals surface area contributed by atoms with Gasteiger partial charge in [0.2, 0.25) is 5.91 Å². The molecule has 2 fully saturated rings. The smallest absolute Gasteiger partial charge is 0.274 e. The summed E-state index contributed by atoms with van der Waals surface area (Å²) in [4.78, 5) is 31.1. The monoisotopic (exact) mass is 369 g/mol. The van der Waals surface area contributed by atoms with E-state index in [1.165, 1.54) is 0 Å². The summed E-state index contributed by atoms with van der Waals surface area (Å²) in [5, 5.41) is 0. The third-order valence-corrected chi connectivity index (χ3v) is 5.65. The minimum atomic E-state index is 0.0544. The van der Waals surface area contributed by atoms with Crippen LogP contribution in [-0.4, -0.2) is 56.1 Å². The van der Waals surface area contributed by atoms with Crippen molar-refractivity contribution in [2.24, 2.45) is 5.92 Å². The maximum atomic E-state index is 13.0. The van der Waals surface area contributed by atoms with Crippen molar-refractivity contribution in [1.82, 2.24) is 4.90 Å². The number of ether oxygens (including phenoxy) is 1. The van der Waals surface area contributed by atoms with Gasteiger partial charge < -0.3 is 19.4 Å². The van der Waals surface area contributed by atoms with Crippen LogP contribution in [0, 0.1) is 5.92 Å². The molecule has 0 N–H and O–H groups in total. The maximum absolute atomic E-state index is 13.0. The molecule has 3 heterocycles. The van der Waals surface area contributed by atoms with Crippen LogP contribution in [0.1, 0.15) is 26.2 Å². The molecule has 2 amide bonds. The Kier molecular flexibility index (Phi) is 5.16. The average molecular weight is 369 g/mol. The summed E-state index contributed by atoms with van der Waals surface area (Å²) < 4.78 is 5.40. The quantitative estimate of drug-likeness (QED) is 0.821. The largest absolute Gasteiger partial charge is 0.378 e. The molecule has 0 spiro atoms. The van der Waals surface area contributed by atoms with Gasteiger partial charge in [0, 0.05) is 44.0 Å². The van der Waals surface area contributed by atoms with Crippen molar-refractivity contribution in [3.63, 3.8) is 0 Å². The predicted octanol–water partition coefficient (Wildman–Crippen LogP) is 2.40. The molecule has 144 valence electrons. The molecule has 1 unspecified atom stereocenters. The summed E-state index contributed by atoms with van der Waals surface area (Å²) in [5.41, 5.74) is 2.60.